The molecule has 0 aromatic heterocycles. The Balaban J connectivity index is 1.62. The fraction of sp³-hybridized carbons (Fsp3) is 0.750. The largest absolute Gasteiger partial charge is 0.463 e. The number of ether oxygens (including phenoxy) is 3. The second-order valence-corrected chi connectivity index (χ2v) is 4.14. The SMILES string of the molecule is CCOCCOC(=O)CC1CC2C=CC1O2. The number of carbonyl (C=O) groups excluding carboxylic acids is 1. The maximum absolute atomic E-state index is 11.5. The fourth-order valence-electron chi connectivity index (χ4n) is 2.19. The van der Waals surface area contributed by atoms with E-state index in [1.807, 2.05) is 13.0 Å². The molecular formula is C12H18O4. The van der Waals surface area contributed by atoms with Crippen molar-refractivity contribution in [3.8, 4) is 0 Å². The molecule has 2 aliphatic heterocycles. The predicted octanol–water partition coefficient (Wildman–Crippen LogP) is 1.30. The molecule has 0 radical (unpaired) electrons. The van der Waals surface area contributed by atoms with Gasteiger partial charge in [0.05, 0.1) is 25.2 Å². The second kappa shape index (κ2) is 5.46. The minimum absolute atomic E-state index is 0.129. The van der Waals surface area contributed by atoms with Crippen LogP contribution in [0.15, 0.2) is 12.2 Å². The van der Waals surface area contributed by atoms with Gasteiger partial charge in [0.2, 0.25) is 0 Å². The lowest BCUT2D eigenvalue weighted by Gasteiger charge is -2.14. The Labute approximate surface area is 95.6 Å². The number of carbonyl (C=O) groups is 1. The van der Waals surface area contributed by atoms with Gasteiger partial charge < -0.3 is 14.2 Å². The third kappa shape index (κ3) is 2.83. The normalized spacial score (nSPS) is 30.9. The summed E-state index contributed by atoms with van der Waals surface area (Å²) in [5.74, 6) is 0.156. The van der Waals surface area contributed by atoms with Crippen molar-refractivity contribution in [3.05, 3.63) is 12.2 Å². The molecule has 2 rings (SSSR count). The van der Waals surface area contributed by atoms with Gasteiger partial charge in [-0.2, -0.15) is 0 Å². The van der Waals surface area contributed by atoms with Crippen LogP contribution in [0.5, 0.6) is 0 Å². The van der Waals surface area contributed by atoms with E-state index in [1.54, 1.807) is 0 Å². The first-order valence-electron chi connectivity index (χ1n) is 5.86. The van der Waals surface area contributed by atoms with Crippen molar-refractivity contribution in [3.63, 3.8) is 0 Å². The predicted molar refractivity (Wildman–Crippen MR) is 58.0 cm³/mol. The van der Waals surface area contributed by atoms with E-state index in [1.165, 1.54) is 0 Å². The summed E-state index contributed by atoms with van der Waals surface area (Å²) in [5, 5.41) is 0. The molecule has 1 fully saturated rings. The van der Waals surface area contributed by atoms with Gasteiger partial charge in [-0.15, -0.1) is 0 Å². The van der Waals surface area contributed by atoms with E-state index < -0.39 is 0 Å². The minimum Gasteiger partial charge on any atom is -0.463 e. The summed E-state index contributed by atoms with van der Waals surface area (Å²) in [6.45, 7) is 3.41. The van der Waals surface area contributed by atoms with Crippen LogP contribution in [0.25, 0.3) is 0 Å². The highest BCUT2D eigenvalue weighted by Crippen LogP contribution is 2.35. The van der Waals surface area contributed by atoms with Gasteiger partial charge in [0.15, 0.2) is 0 Å². The van der Waals surface area contributed by atoms with Gasteiger partial charge in [0.1, 0.15) is 6.61 Å². The first kappa shape index (κ1) is 11.6. The lowest BCUT2D eigenvalue weighted by atomic mass is 9.91. The van der Waals surface area contributed by atoms with Gasteiger partial charge in [-0.3, -0.25) is 4.79 Å². The monoisotopic (exact) mass is 226 g/mol. The Morgan fingerprint density at radius 2 is 2.31 bits per heavy atom. The molecule has 3 atom stereocenters. The third-order valence-corrected chi connectivity index (χ3v) is 2.97. The standard InChI is InChI=1S/C12H18O4/c1-2-14-5-6-15-12(13)8-9-7-10-3-4-11(9)16-10/h3-4,9-11H,2,5-8H2,1H3. The number of fused-ring (bicyclic) bond motifs is 2. The Hall–Kier alpha value is -0.870. The van der Waals surface area contributed by atoms with Crippen LogP contribution < -0.4 is 0 Å². The van der Waals surface area contributed by atoms with Crippen LogP contribution >= 0.6 is 0 Å². The molecule has 0 aliphatic carbocycles. The molecular weight excluding hydrogens is 208 g/mol. The third-order valence-electron chi connectivity index (χ3n) is 2.97. The maximum Gasteiger partial charge on any atom is 0.306 e. The molecule has 4 nitrogen and oxygen atoms in total. The van der Waals surface area contributed by atoms with Crippen molar-refractivity contribution >= 4 is 5.97 Å². The van der Waals surface area contributed by atoms with Crippen molar-refractivity contribution in [2.75, 3.05) is 19.8 Å². The Morgan fingerprint density at radius 3 is 2.94 bits per heavy atom. The molecule has 0 amide bonds. The first-order chi connectivity index (χ1) is 7.79. The average molecular weight is 226 g/mol. The van der Waals surface area contributed by atoms with Crippen molar-refractivity contribution in [1.29, 1.82) is 0 Å². The van der Waals surface area contributed by atoms with E-state index in [4.69, 9.17) is 14.2 Å². The van der Waals surface area contributed by atoms with E-state index in [-0.39, 0.29) is 18.2 Å². The maximum atomic E-state index is 11.5. The second-order valence-electron chi connectivity index (χ2n) is 4.14. The summed E-state index contributed by atoms with van der Waals surface area (Å²) >= 11 is 0. The summed E-state index contributed by atoms with van der Waals surface area (Å²) in [6, 6.07) is 0. The van der Waals surface area contributed by atoms with E-state index >= 15 is 0 Å². The molecule has 0 N–H and O–H groups in total. The van der Waals surface area contributed by atoms with Crippen LogP contribution in [0.1, 0.15) is 19.8 Å². The molecule has 0 saturated carbocycles. The van der Waals surface area contributed by atoms with E-state index in [9.17, 15) is 4.79 Å². The summed E-state index contributed by atoms with van der Waals surface area (Å²) in [5.41, 5.74) is 0. The van der Waals surface area contributed by atoms with Gasteiger partial charge in [-0.1, -0.05) is 12.2 Å². The number of esters is 1. The van der Waals surface area contributed by atoms with Crippen molar-refractivity contribution < 1.29 is 19.0 Å². The topological polar surface area (TPSA) is 44.8 Å². The summed E-state index contributed by atoms with van der Waals surface area (Å²) in [4.78, 5) is 11.5. The van der Waals surface area contributed by atoms with Gasteiger partial charge in [-0.05, 0) is 13.3 Å². The molecule has 3 unspecified atom stereocenters. The minimum atomic E-state index is -0.144. The van der Waals surface area contributed by atoms with Gasteiger partial charge in [0, 0.05) is 12.5 Å². The fourth-order valence-corrected chi connectivity index (χ4v) is 2.19. The van der Waals surface area contributed by atoms with Crippen LogP contribution in [0, 0.1) is 5.92 Å². The first-order valence-corrected chi connectivity index (χ1v) is 5.86. The molecule has 2 heterocycles. The van der Waals surface area contributed by atoms with Crippen molar-refractivity contribution in [1.82, 2.24) is 0 Å². The number of hydrogen-bond acceptors (Lipinski definition) is 4. The summed E-state index contributed by atoms with van der Waals surface area (Å²) in [6.07, 6.45) is 5.88. The molecule has 4 heteroatoms. The van der Waals surface area contributed by atoms with Gasteiger partial charge >= 0.3 is 5.97 Å². The zero-order chi connectivity index (χ0) is 11.4. The Morgan fingerprint density at radius 1 is 1.44 bits per heavy atom. The lowest BCUT2D eigenvalue weighted by Crippen LogP contribution is -2.20. The Bertz CT molecular complexity index is 274. The van der Waals surface area contributed by atoms with Crippen molar-refractivity contribution in [2.45, 2.75) is 32.0 Å². The molecule has 0 aromatic rings. The molecule has 2 aliphatic rings. The molecule has 0 spiro atoms. The quantitative estimate of drug-likeness (QED) is 0.389. The number of rotatable bonds is 6. The number of hydrogen-bond donors (Lipinski definition) is 0. The highest BCUT2D eigenvalue weighted by molar-refractivity contribution is 5.69. The molecule has 0 aromatic carbocycles. The van der Waals surface area contributed by atoms with Crippen LogP contribution in [0.4, 0.5) is 0 Å². The van der Waals surface area contributed by atoms with Crippen LogP contribution in [0.2, 0.25) is 0 Å². The van der Waals surface area contributed by atoms with E-state index in [0.717, 1.165) is 6.42 Å². The van der Waals surface area contributed by atoms with Crippen molar-refractivity contribution in [2.24, 2.45) is 5.92 Å². The lowest BCUT2D eigenvalue weighted by molar-refractivity contribution is -0.146. The Kier molecular flexibility index (Phi) is 3.96. The van der Waals surface area contributed by atoms with Gasteiger partial charge in [0.25, 0.3) is 0 Å². The highest BCUT2D eigenvalue weighted by atomic mass is 16.6. The molecule has 16 heavy (non-hydrogen) atoms. The smallest absolute Gasteiger partial charge is 0.306 e. The molecule has 90 valence electrons. The zero-order valence-electron chi connectivity index (χ0n) is 9.56. The molecule has 2 bridgehead atoms. The van der Waals surface area contributed by atoms with Crippen LogP contribution in [-0.2, 0) is 19.0 Å². The van der Waals surface area contributed by atoms with E-state index in [0.29, 0.717) is 32.2 Å². The van der Waals surface area contributed by atoms with Crippen LogP contribution in [-0.4, -0.2) is 38.0 Å². The molecule has 1 saturated heterocycles. The van der Waals surface area contributed by atoms with Crippen LogP contribution in [0.3, 0.4) is 0 Å². The average Bonchev–Trinajstić information content (AvgIpc) is 2.86. The zero-order valence-corrected chi connectivity index (χ0v) is 9.56. The van der Waals surface area contributed by atoms with Gasteiger partial charge in [-0.25, -0.2) is 0 Å². The highest BCUT2D eigenvalue weighted by Gasteiger charge is 2.37. The summed E-state index contributed by atoms with van der Waals surface area (Å²) < 4.78 is 15.7. The van der Waals surface area contributed by atoms with E-state index in [2.05, 4.69) is 6.08 Å². The summed E-state index contributed by atoms with van der Waals surface area (Å²) in [7, 11) is 0.